The van der Waals surface area contributed by atoms with E-state index in [1.807, 2.05) is 0 Å². The van der Waals surface area contributed by atoms with Crippen LogP contribution in [0.3, 0.4) is 0 Å². The molecule has 0 aromatic carbocycles. The number of nitrogens with one attached hydrogen (secondary N) is 2. The van der Waals surface area contributed by atoms with Gasteiger partial charge < -0.3 is 10.6 Å². The summed E-state index contributed by atoms with van der Waals surface area (Å²) in [5.41, 5.74) is -0.723. The third-order valence-electron chi connectivity index (χ3n) is 4.11. The average Bonchev–Trinajstić information content (AvgIpc) is 2.97. The number of amides is 4. The molecule has 2 rings (SSSR count). The maximum Gasteiger partial charge on any atom is 0.325 e. The molecule has 0 aromatic heterocycles. The second kappa shape index (κ2) is 6.24. The first-order valence-corrected chi connectivity index (χ1v) is 7.50. The van der Waals surface area contributed by atoms with Crippen LogP contribution in [0.2, 0.25) is 0 Å². The normalized spacial score (nSPS) is 20.6. The number of carbonyl (C=O) groups is 3. The van der Waals surface area contributed by atoms with E-state index in [0.717, 1.165) is 37.0 Å². The third kappa shape index (κ3) is 2.94. The highest BCUT2D eigenvalue weighted by Gasteiger charge is 2.52. The molecule has 1 heterocycles. The van der Waals surface area contributed by atoms with Gasteiger partial charge in [-0.3, -0.25) is 14.5 Å². The molecule has 20 heavy (non-hydrogen) atoms. The summed E-state index contributed by atoms with van der Waals surface area (Å²) in [7, 11) is 0. The van der Waals surface area contributed by atoms with Crippen LogP contribution < -0.4 is 10.6 Å². The number of urea groups is 1. The Kier molecular flexibility index (Phi) is 4.62. The van der Waals surface area contributed by atoms with Gasteiger partial charge in [0, 0.05) is 6.54 Å². The largest absolute Gasteiger partial charge is 0.355 e. The average molecular weight is 281 g/mol. The summed E-state index contributed by atoms with van der Waals surface area (Å²) in [6.07, 6.45) is 6.34. The van der Waals surface area contributed by atoms with Crippen molar-refractivity contribution in [2.24, 2.45) is 0 Å². The molecular formula is C14H23N3O3. The number of nitrogens with zero attached hydrogens (tertiary/aromatic N) is 1. The highest BCUT2D eigenvalue weighted by atomic mass is 16.2. The minimum atomic E-state index is -0.723. The molecule has 6 nitrogen and oxygen atoms in total. The minimum Gasteiger partial charge on any atom is -0.355 e. The summed E-state index contributed by atoms with van der Waals surface area (Å²) in [6.45, 7) is 2.52. The summed E-state index contributed by atoms with van der Waals surface area (Å²) in [5, 5.41) is 5.52. The molecule has 4 amide bonds. The monoisotopic (exact) mass is 281 g/mol. The Labute approximate surface area is 119 Å². The zero-order valence-corrected chi connectivity index (χ0v) is 12.0. The quantitative estimate of drug-likeness (QED) is 0.566. The zero-order valence-electron chi connectivity index (χ0n) is 12.0. The van der Waals surface area contributed by atoms with Crippen LogP contribution >= 0.6 is 0 Å². The van der Waals surface area contributed by atoms with Crippen LogP contribution in [0.25, 0.3) is 0 Å². The molecule has 1 saturated heterocycles. The van der Waals surface area contributed by atoms with Gasteiger partial charge >= 0.3 is 6.03 Å². The Balaban J connectivity index is 1.85. The number of rotatable bonds is 6. The van der Waals surface area contributed by atoms with E-state index in [9.17, 15) is 14.4 Å². The molecule has 112 valence electrons. The lowest BCUT2D eigenvalue weighted by Crippen LogP contribution is -2.45. The van der Waals surface area contributed by atoms with Crippen LogP contribution in [0, 0.1) is 0 Å². The molecule has 2 fully saturated rings. The van der Waals surface area contributed by atoms with Crippen molar-refractivity contribution in [3.8, 4) is 0 Å². The van der Waals surface area contributed by atoms with Crippen LogP contribution in [-0.2, 0) is 9.59 Å². The van der Waals surface area contributed by atoms with Crippen molar-refractivity contribution in [3.63, 3.8) is 0 Å². The van der Waals surface area contributed by atoms with Gasteiger partial charge in [0.2, 0.25) is 5.91 Å². The molecule has 2 aliphatic rings. The molecule has 1 saturated carbocycles. The second-order valence-electron chi connectivity index (χ2n) is 5.67. The maximum atomic E-state index is 12.3. The lowest BCUT2D eigenvalue weighted by Gasteiger charge is -2.19. The number of carbonyl (C=O) groups excluding carboxylic acids is 3. The standard InChI is InChI=1S/C14H23N3O3/c1-2-3-6-9-15-11(18)10-17-12(19)14(16-13(17)20)7-4-5-8-14/h2-10H2,1H3,(H,15,18)(H,16,20). The molecule has 0 atom stereocenters. The predicted molar refractivity (Wildman–Crippen MR) is 74.0 cm³/mol. The van der Waals surface area contributed by atoms with E-state index in [0.29, 0.717) is 19.4 Å². The van der Waals surface area contributed by atoms with Crippen molar-refractivity contribution in [1.29, 1.82) is 0 Å². The molecule has 1 aliphatic heterocycles. The summed E-state index contributed by atoms with van der Waals surface area (Å²) in [4.78, 5) is 37.0. The summed E-state index contributed by atoms with van der Waals surface area (Å²) < 4.78 is 0. The smallest absolute Gasteiger partial charge is 0.325 e. The van der Waals surface area contributed by atoms with E-state index in [1.165, 1.54) is 0 Å². The van der Waals surface area contributed by atoms with Gasteiger partial charge in [-0.2, -0.15) is 0 Å². The number of hydrogen-bond acceptors (Lipinski definition) is 3. The fourth-order valence-electron chi connectivity index (χ4n) is 2.94. The lowest BCUT2D eigenvalue weighted by molar-refractivity contribution is -0.134. The molecule has 0 radical (unpaired) electrons. The maximum absolute atomic E-state index is 12.3. The van der Waals surface area contributed by atoms with Crippen molar-refractivity contribution >= 4 is 17.8 Å². The van der Waals surface area contributed by atoms with E-state index in [2.05, 4.69) is 17.6 Å². The minimum absolute atomic E-state index is 0.168. The first-order valence-electron chi connectivity index (χ1n) is 7.50. The van der Waals surface area contributed by atoms with Crippen molar-refractivity contribution in [2.75, 3.05) is 13.1 Å². The van der Waals surface area contributed by atoms with Gasteiger partial charge in [0.25, 0.3) is 5.91 Å². The number of imide groups is 1. The highest BCUT2D eigenvalue weighted by molar-refractivity contribution is 6.09. The summed E-state index contributed by atoms with van der Waals surface area (Å²) in [6, 6.07) is -0.430. The van der Waals surface area contributed by atoms with Crippen LogP contribution in [0.1, 0.15) is 51.9 Å². The number of unbranched alkanes of at least 4 members (excludes halogenated alkanes) is 2. The van der Waals surface area contributed by atoms with E-state index in [4.69, 9.17) is 0 Å². The molecule has 1 spiro atoms. The van der Waals surface area contributed by atoms with Crippen LogP contribution in [0.4, 0.5) is 4.79 Å². The van der Waals surface area contributed by atoms with Crippen molar-refractivity contribution in [2.45, 2.75) is 57.4 Å². The summed E-state index contributed by atoms with van der Waals surface area (Å²) >= 11 is 0. The first kappa shape index (κ1) is 14.8. The molecule has 1 aliphatic carbocycles. The van der Waals surface area contributed by atoms with E-state index in [1.54, 1.807) is 0 Å². The Morgan fingerprint density at radius 1 is 1.30 bits per heavy atom. The first-order chi connectivity index (χ1) is 9.59. The fourth-order valence-corrected chi connectivity index (χ4v) is 2.94. The Hall–Kier alpha value is -1.59. The molecular weight excluding hydrogens is 258 g/mol. The number of hydrogen-bond donors (Lipinski definition) is 2. The van der Waals surface area contributed by atoms with Gasteiger partial charge in [-0.25, -0.2) is 4.79 Å². The predicted octanol–water partition coefficient (Wildman–Crippen LogP) is 1.16. The van der Waals surface area contributed by atoms with E-state index < -0.39 is 11.6 Å². The van der Waals surface area contributed by atoms with E-state index >= 15 is 0 Å². The molecule has 6 heteroatoms. The van der Waals surface area contributed by atoms with Crippen molar-refractivity contribution in [3.05, 3.63) is 0 Å². The fraction of sp³-hybridized carbons (Fsp3) is 0.786. The van der Waals surface area contributed by atoms with Gasteiger partial charge in [-0.05, 0) is 19.3 Å². The van der Waals surface area contributed by atoms with Gasteiger partial charge in [0.1, 0.15) is 12.1 Å². The molecule has 0 unspecified atom stereocenters. The van der Waals surface area contributed by atoms with E-state index in [-0.39, 0.29) is 18.4 Å². The molecule has 0 bridgehead atoms. The van der Waals surface area contributed by atoms with Crippen LogP contribution in [0.5, 0.6) is 0 Å². The lowest BCUT2D eigenvalue weighted by atomic mass is 9.98. The van der Waals surface area contributed by atoms with Crippen molar-refractivity contribution < 1.29 is 14.4 Å². The third-order valence-corrected chi connectivity index (χ3v) is 4.11. The Morgan fingerprint density at radius 3 is 2.65 bits per heavy atom. The van der Waals surface area contributed by atoms with Gasteiger partial charge in [0.05, 0.1) is 0 Å². The van der Waals surface area contributed by atoms with Gasteiger partial charge in [0.15, 0.2) is 0 Å². The van der Waals surface area contributed by atoms with Gasteiger partial charge in [-0.1, -0.05) is 32.6 Å². The SMILES string of the molecule is CCCCCNC(=O)CN1C(=O)NC2(CCCC2)C1=O. The topological polar surface area (TPSA) is 78.5 Å². The van der Waals surface area contributed by atoms with Crippen molar-refractivity contribution in [1.82, 2.24) is 15.5 Å². The van der Waals surface area contributed by atoms with Crippen LogP contribution in [-0.4, -0.2) is 41.4 Å². The van der Waals surface area contributed by atoms with Crippen LogP contribution in [0.15, 0.2) is 0 Å². The molecule has 0 aromatic rings. The highest BCUT2D eigenvalue weighted by Crippen LogP contribution is 2.34. The molecule has 2 N–H and O–H groups in total. The van der Waals surface area contributed by atoms with Gasteiger partial charge in [-0.15, -0.1) is 0 Å². The zero-order chi connectivity index (χ0) is 14.6. The Morgan fingerprint density at radius 2 is 2.00 bits per heavy atom. The summed E-state index contributed by atoms with van der Waals surface area (Å²) in [5.74, 6) is -0.497. The Bertz CT molecular complexity index is 402. The second-order valence-corrected chi connectivity index (χ2v) is 5.67.